The van der Waals surface area contributed by atoms with Crippen molar-refractivity contribution in [2.75, 3.05) is 5.75 Å². The number of hydrogen-bond acceptors (Lipinski definition) is 3. The minimum atomic E-state index is -0.264. The van der Waals surface area contributed by atoms with Crippen LogP contribution in [0.15, 0.2) is 0 Å². The molecule has 0 aromatic carbocycles. The van der Waals surface area contributed by atoms with Gasteiger partial charge in [-0.3, -0.25) is 10.0 Å². The first-order chi connectivity index (χ1) is 9.81. The summed E-state index contributed by atoms with van der Waals surface area (Å²) in [6, 6.07) is 0. The number of nitrogens with one attached hydrogen (secondary N) is 1. The number of hydroxylamine groups is 1. The molecule has 4 heteroatoms. The Morgan fingerprint density at radius 1 is 0.700 bits per heavy atom. The predicted octanol–water partition coefficient (Wildman–Crippen LogP) is 4.88. The summed E-state index contributed by atoms with van der Waals surface area (Å²) in [6.45, 7) is 0. The van der Waals surface area contributed by atoms with Gasteiger partial charge in [0.05, 0.1) is 0 Å². The van der Waals surface area contributed by atoms with Crippen LogP contribution in [0.2, 0.25) is 0 Å². The van der Waals surface area contributed by atoms with Crippen LogP contribution < -0.4 is 5.48 Å². The van der Waals surface area contributed by atoms with Gasteiger partial charge in [-0.05, 0) is 18.6 Å². The van der Waals surface area contributed by atoms with Crippen molar-refractivity contribution < 1.29 is 10.0 Å². The Hall–Kier alpha value is -0.220. The number of thiol groups is 1. The minimum absolute atomic E-state index is 0.264. The zero-order chi connectivity index (χ0) is 14.9. The Kier molecular flexibility index (Phi) is 16.6. The molecule has 3 nitrogen and oxygen atoms in total. The average molecular weight is 304 g/mol. The van der Waals surface area contributed by atoms with E-state index in [1.54, 1.807) is 5.48 Å². The van der Waals surface area contributed by atoms with Gasteiger partial charge in [-0.2, -0.15) is 12.6 Å². The van der Waals surface area contributed by atoms with E-state index >= 15 is 0 Å². The largest absolute Gasteiger partial charge is 0.289 e. The van der Waals surface area contributed by atoms with Gasteiger partial charge in [0, 0.05) is 6.42 Å². The van der Waals surface area contributed by atoms with E-state index in [9.17, 15) is 4.79 Å². The van der Waals surface area contributed by atoms with Crippen LogP contribution in [0.25, 0.3) is 0 Å². The van der Waals surface area contributed by atoms with Crippen molar-refractivity contribution in [3.05, 3.63) is 0 Å². The number of carbonyl (C=O) groups is 1. The lowest BCUT2D eigenvalue weighted by atomic mass is 10.0. The van der Waals surface area contributed by atoms with Crippen molar-refractivity contribution in [3.8, 4) is 0 Å². The molecule has 0 atom stereocenters. The Labute approximate surface area is 130 Å². The van der Waals surface area contributed by atoms with Gasteiger partial charge < -0.3 is 0 Å². The van der Waals surface area contributed by atoms with Gasteiger partial charge in [0.25, 0.3) is 0 Å². The van der Waals surface area contributed by atoms with Crippen molar-refractivity contribution in [1.82, 2.24) is 5.48 Å². The maximum atomic E-state index is 10.8. The monoisotopic (exact) mass is 303 g/mol. The number of hydrogen-bond donors (Lipinski definition) is 3. The fraction of sp³-hybridized carbons (Fsp3) is 0.938. The molecule has 0 spiro atoms. The van der Waals surface area contributed by atoms with Gasteiger partial charge in [0.2, 0.25) is 5.91 Å². The molecule has 1 amide bonds. The van der Waals surface area contributed by atoms with Gasteiger partial charge in [0.15, 0.2) is 0 Å². The van der Waals surface area contributed by atoms with E-state index in [2.05, 4.69) is 12.6 Å². The summed E-state index contributed by atoms with van der Waals surface area (Å²) in [5.74, 6) is 0.768. The van der Waals surface area contributed by atoms with E-state index in [1.807, 2.05) is 0 Å². The molecule has 0 heterocycles. The molecule has 0 aromatic rings. The SMILES string of the molecule is O=C(CCCCCCCCCCCCCCCS)NO. The molecule has 20 heavy (non-hydrogen) atoms. The summed E-state index contributed by atoms with van der Waals surface area (Å²) in [5, 5.41) is 8.34. The van der Waals surface area contributed by atoms with Gasteiger partial charge in [-0.25, -0.2) is 5.48 Å². The van der Waals surface area contributed by atoms with Crippen LogP contribution in [-0.2, 0) is 4.79 Å². The van der Waals surface area contributed by atoms with E-state index < -0.39 is 0 Å². The lowest BCUT2D eigenvalue weighted by molar-refractivity contribution is -0.129. The molecule has 0 aliphatic carbocycles. The average Bonchev–Trinajstić information content (AvgIpc) is 2.47. The first-order valence-corrected chi connectivity index (χ1v) is 8.98. The molecule has 120 valence electrons. The first kappa shape index (κ1) is 19.8. The summed E-state index contributed by atoms with van der Waals surface area (Å²) in [5.41, 5.74) is 1.67. The van der Waals surface area contributed by atoms with Crippen LogP contribution in [0.1, 0.15) is 89.9 Å². The Bertz CT molecular complexity index is 213. The number of unbranched alkanes of at least 4 members (excludes halogenated alkanes) is 12. The second-order valence-electron chi connectivity index (χ2n) is 5.60. The summed E-state index contributed by atoms with van der Waals surface area (Å²) in [4.78, 5) is 10.8. The van der Waals surface area contributed by atoms with Crippen LogP contribution >= 0.6 is 12.6 Å². The molecule has 0 aromatic heterocycles. The third-order valence-electron chi connectivity index (χ3n) is 3.69. The zero-order valence-electron chi connectivity index (χ0n) is 12.9. The molecule has 0 aliphatic rings. The highest BCUT2D eigenvalue weighted by Crippen LogP contribution is 2.13. The third kappa shape index (κ3) is 15.8. The summed E-state index contributed by atoms with van der Waals surface area (Å²) in [7, 11) is 0. The highest BCUT2D eigenvalue weighted by Gasteiger charge is 1.98. The molecule has 0 bridgehead atoms. The Morgan fingerprint density at radius 2 is 1.05 bits per heavy atom. The standard InChI is InChI=1S/C16H33NO2S/c18-16(17-19)14-12-10-8-6-4-2-1-3-5-7-9-11-13-15-20/h19-20H,1-15H2,(H,17,18). The highest BCUT2D eigenvalue weighted by molar-refractivity contribution is 7.80. The first-order valence-electron chi connectivity index (χ1n) is 8.35. The van der Waals surface area contributed by atoms with Crippen LogP contribution in [0.3, 0.4) is 0 Å². The van der Waals surface area contributed by atoms with E-state index in [1.165, 1.54) is 70.6 Å². The van der Waals surface area contributed by atoms with Gasteiger partial charge in [0.1, 0.15) is 0 Å². The lowest BCUT2D eigenvalue weighted by Crippen LogP contribution is -2.17. The second-order valence-corrected chi connectivity index (χ2v) is 6.05. The van der Waals surface area contributed by atoms with E-state index in [0.717, 1.165) is 18.6 Å². The van der Waals surface area contributed by atoms with Crippen molar-refractivity contribution in [1.29, 1.82) is 0 Å². The Balaban J connectivity index is 2.97. The fourth-order valence-corrected chi connectivity index (χ4v) is 2.62. The van der Waals surface area contributed by atoms with Gasteiger partial charge in [-0.15, -0.1) is 0 Å². The number of carbonyl (C=O) groups excluding carboxylic acids is 1. The Morgan fingerprint density at radius 3 is 1.40 bits per heavy atom. The van der Waals surface area contributed by atoms with E-state index in [-0.39, 0.29) is 5.91 Å². The van der Waals surface area contributed by atoms with Crippen molar-refractivity contribution in [3.63, 3.8) is 0 Å². The summed E-state index contributed by atoms with van der Waals surface area (Å²) in [6.07, 6.45) is 17.1. The second kappa shape index (κ2) is 16.8. The highest BCUT2D eigenvalue weighted by atomic mass is 32.1. The quantitative estimate of drug-likeness (QED) is 0.175. The van der Waals surface area contributed by atoms with Gasteiger partial charge in [-0.1, -0.05) is 70.6 Å². The zero-order valence-corrected chi connectivity index (χ0v) is 13.8. The molecule has 0 aliphatic heterocycles. The molecular weight excluding hydrogens is 270 g/mol. The van der Waals surface area contributed by atoms with Crippen molar-refractivity contribution in [2.24, 2.45) is 0 Å². The maximum Gasteiger partial charge on any atom is 0.243 e. The van der Waals surface area contributed by atoms with Crippen molar-refractivity contribution in [2.45, 2.75) is 89.9 Å². The van der Waals surface area contributed by atoms with Crippen LogP contribution in [0.4, 0.5) is 0 Å². The van der Waals surface area contributed by atoms with Crippen molar-refractivity contribution >= 4 is 18.5 Å². The van der Waals surface area contributed by atoms with Crippen LogP contribution in [0.5, 0.6) is 0 Å². The third-order valence-corrected chi connectivity index (χ3v) is 4.00. The van der Waals surface area contributed by atoms with E-state index in [4.69, 9.17) is 5.21 Å². The molecule has 2 N–H and O–H groups in total. The smallest absolute Gasteiger partial charge is 0.243 e. The molecule has 0 radical (unpaired) electrons. The molecule has 0 saturated carbocycles. The molecule has 0 unspecified atom stereocenters. The minimum Gasteiger partial charge on any atom is -0.289 e. The molecule has 0 saturated heterocycles. The topological polar surface area (TPSA) is 49.3 Å². The van der Waals surface area contributed by atoms with E-state index in [0.29, 0.717) is 6.42 Å². The summed E-state index contributed by atoms with van der Waals surface area (Å²) < 4.78 is 0. The van der Waals surface area contributed by atoms with Gasteiger partial charge >= 0.3 is 0 Å². The number of amides is 1. The molecule has 0 fully saturated rings. The fourth-order valence-electron chi connectivity index (χ4n) is 2.40. The van der Waals surface area contributed by atoms with Crippen LogP contribution in [-0.4, -0.2) is 16.9 Å². The predicted molar refractivity (Wildman–Crippen MR) is 88.4 cm³/mol. The lowest BCUT2D eigenvalue weighted by Gasteiger charge is -2.03. The van der Waals surface area contributed by atoms with Crippen LogP contribution in [0, 0.1) is 0 Å². The maximum absolute atomic E-state index is 10.8. The molecular formula is C16H33NO2S. The normalized spacial score (nSPS) is 10.7. The summed E-state index contributed by atoms with van der Waals surface area (Å²) >= 11 is 4.22. The number of rotatable bonds is 15. The molecule has 0 rings (SSSR count).